The molecule has 1 aromatic carbocycles. The first-order chi connectivity index (χ1) is 11.4. The number of ether oxygens (including phenoxy) is 1. The van der Waals surface area contributed by atoms with E-state index in [1.165, 1.54) is 16.0 Å². The highest BCUT2D eigenvalue weighted by molar-refractivity contribution is 7.12. The second-order valence-electron chi connectivity index (χ2n) is 5.69. The zero-order chi connectivity index (χ0) is 15.2. The van der Waals surface area contributed by atoms with Crippen molar-refractivity contribution >= 4 is 28.4 Å². The summed E-state index contributed by atoms with van der Waals surface area (Å²) in [5.41, 5.74) is 3.56. The summed E-state index contributed by atoms with van der Waals surface area (Å²) >= 11 is 3.44. The van der Waals surface area contributed by atoms with E-state index in [1.807, 2.05) is 6.07 Å². The van der Waals surface area contributed by atoms with Crippen molar-refractivity contribution in [2.24, 2.45) is 5.10 Å². The lowest BCUT2D eigenvalue weighted by Crippen LogP contribution is -2.33. The molecule has 0 fully saturated rings. The van der Waals surface area contributed by atoms with Crippen LogP contribution in [-0.2, 0) is 0 Å². The lowest BCUT2D eigenvalue weighted by atomic mass is 9.98. The monoisotopic (exact) mass is 338 g/mol. The summed E-state index contributed by atoms with van der Waals surface area (Å²) in [4.78, 5) is 1.25. The first kappa shape index (κ1) is 13.3. The molecule has 2 aromatic heterocycles. The van der Waals surface area contributed by atoms with E-state index < -0.39 is 0 Å². The quantitative estimate of drug-likeness (QED) is 0.653. The van der Waals surface area contributed by atoms with Crippen LogP contribution in [0.4, 0.5) is 0 Å². The Bertz CT molecular complexity index is 855. The zero-order valence-corrected chi connectivity index (χ0v) is 13.9. The maximum absolute atomic E-state index is 6.28. The molecule has 0 aliphatic carbocycles. The fourth-order valence-electron chi connectivity index (χ4n) is 3.26. The highest BCUT2D eigenvalue weighted by Gasteiger charge is 2.41. The van der Waals surface area contributed by atoms with Crippen molar-refractivity contribution in [1.82, 2.24) is 5.01 Å². The van der Waals surface area contributed by atoms with Crippen LogP contribution in [0, 0.1) is 0 Å². The number of hydrogen-bond acceptors (Lipinski definition) is 5. The average molecular weight is 338 g/mol. The van der Waals surface area contributed by atoms with Crippen molar-refractivity contribution in [3.8, 4) is 5.75 Å². The molecule has 0 bridgehead atoms. The van der Waals surface area contributed by atoms with Crippen molar-refractivity contribution < 1.29 is 4.74 Å². The fraction of sp³-hybridized carbons (Fsp3) is 0.167. The van der Waals surface area contributed by atoms with Crippen LogP contribution < -0.4 is 4.74 Å². The second kappa shape index (κ2) is 5.22. The van der Waals surface area contributed by atoms with Gasteiger partial charge in [-0.25, -0.2) is 5.01 Å². The third-order valence-corrected chi connectivity index (χ3v) is 5.95. The molecule has 23 heavy (non-hydrogen) atoms. The molecule has 0 unspecified atom stereocenters. The molecular weight excluding hydrogens is 324 g/mol. The van der Waals surface area contributed by atoms with Crippen molar-refractivity contribution in [3.63, 3.8) is 0 Å². The Hall–Kier alpha value is -2.11. The van der Waals surface area contributed by atoms with Gasteiger partial charge >= 0.3 is 0 Å². The molecule has 0 N–H and O–H groups in total. The molecular formula is C18H14N2OS2. The normalized spacial score (nSPS) is 22.3. The predicted molar refractivity (Wildman–Crippen MR) is 94.2 cm³/mol. The van der Waals surface area contributed by atoms with Gasteiger partial charge in [0.25, 0.3) is 0 Å². The molecule has 5 rings (SSSR count). The summed E-state index contributed by atoms with van der Waals surface area (Å²) in [5, 5.41) is 13.4. The molecule has 0 radical (unpaired) electrons. The summed E-state index contributed by atoms with van der Waals surface area (Å²) < 4.78 is 6.28. The number of nitrogens with zero attached hydrogens (tertiary/aromatic N) is 2. The molecule has 5 heteroatoms. The Kier molecular flexibility index (Phi) is 3.02. The van der Waals surface area contributed by atoms with Crippen LogP contribution in [0.1, 0.15) is 34.7 Å². The molecule has 3 aromatic rings. The lowest BCUT2D eigenvalue weighted by molar-refractivity contribution is -0.0187. The maximum atomic E-state index is 6.28. The summed E-state index contributed by atoms with van der Waals surface area (Å²) in [6.07, 6.45) is 0.792. The summed E-state index contributed by atoms with van der Waals surface area (Å²) in [6, 6.07) is 14.9. The van der Waals surface area contributed by atoms with E-state index >= 15 is 0 Å². The number of rotatable bonds is 2. The van der Waals surface area contributed by atoms with Crippen LogP contribution in [0.5, 0.6) is 5.75 Å². The van der Waals surface area contributed by atoms with Crippen LogP contribution in [-0.4, -0.2) is 10.7 Å². The second-order valence-corrected chi connectivity index (χ2v) is 7.42. The van der Waals surface area contributed by atoms with Crippen LogP contribution in [0.2, 0.25) is 0 Å². The topological polar surface area (TPSA) is 24.8 Å². The number of benzene rings is 1. The first-order valence-electron chi connectivity index (χ1n) is 7.57. The zero-order valence-electron chi connectivity index (χ0n) is 12.3. The van der Waals surface area contributed by atoms with Gasteiger partial charge in [-0.05, 0) is 34.3 Å². The smallest absolute Gasteiger partial charge is 0.214 e. The third-order valence-electron chi connectivity index (χ3n) is 4.33. The highest BCUT2D eigenvalue weighted by atomic mass is 32.1. The molecule has 2 atom stereocenters. The van der Waals surface area contributed by atoms with Crippen LogP contribution in [0.3, 0.4) is 0 Å². The van der Waals surface area contributed by atoms with E-state index in [1.54, 1.807) is 22.7 Å². The molecule has 4 heterocycles. The van der Waals surface area contributed by atoms with E-state index in [-0.39, 0.29) is 12.3 Å². The minimum atomic E-state index is -0.140. The third kappa shape index (κ3) is 2.11. The minimum Gasteiger partial charge on any atom is -0.464 e. The van der Waals surface area contributed by atoms with Gasteiger partial charge in [-0.1, -0.05) is 24.3 Å². The predicted octanol–water partition coefficient (Wildman–Crippen LogP) is 5.05. The van der Waals surface area contributed by atoms with Crippen LogP contribution in [0.25, 0.3) is 0 Å². The summed E-state index contributed by atoms with van der Waals surface area (Å²) in [5.74, 6) is 0.979. The first-order valence-corrected chi connectivity index (χ1v) is 9.40. The molecule has 0 spiro atoms. The maximum Gasteiger partial charge on any atom is 0.214 e. The van der Waals surface area contributed by atoms with Gasteiger partial charge in [-0.3, -0.25) is 0 Å². The Morgan fingerprint density at radius 3 is 2.87 bits per heavy atom. The standard InChI is InChI=1S/C18H14N2OS2/c1-2-5-16-13(4-1)15-10-14(17-6-3-8-23-17)19-20(15)18(21-16)12-7-9-22-11-12/h1-9,11,15,18H,10H2/t15-,18+/m1/s1. The van der Waals surface area contributed by atoms with Gasteiger partial charge in [0.05, 0.1) is 16.6 Å². The average Bonchev–Trinajstić information content (AvgIpc) is 3.34. The number of thiophene rings is 2. The summed E-state index contributed by atoms with van der Waals surface area (Å²) in [7, 11) is 0. The van der Waals surface area contributed by atoms with Gasteiger partial charge in [-0.2, -0.15) is 16.4 Å². The molecule has 0 amide bonds. The Morgan fingerprint density at radius 1 is 1.09 bits per heavy atom. The van der Waals surface area contributed by atoms with E-state index in [0.717, 1.165) is 17.9 Å². The molecule has 3 nitrogen and oxygen atoms in total. The molecule has 2 aliphatic heterocycles. The number of fused-ring (bicyclic) bond motifs is 3. The van der Waals surface area contributed by atoms with Gasteiger partial charge in [0.15, 0.2) is 0 Å². The van der Waals surface area contributed by atoms with Gasteiger partial charge in [0, 0.05) is 17.5 Å². The van der Waals surface area contributed by atoms with Gasteiger partial charge < -0.3 is 4.74 Å². The van der Waals surface area contributed by atoms with Crippen molar-refractivity contribution in [2.75, 3.05) is 0 Å². The molecule has 114 valence electrons. The summed E-state index contributed by atoms with van der Waals surface area (Å²) in [6.45, 7) is 0. The van der Waals surface area contributed by atoms with E-state index in [2.05, 4.69) is 57.5 Å². The Morgan fingerprint density at radius 2 is 2.04 bits per heavy atom. The van der Waals surface area contributed by atoms with Gasteiger partial charge in [0.1, 0.15) is 5.75 Å². The largest absolute Gasteiger partial charge is 0.464 e. The minimum absolute atomic E-state index is 0.140. The number of hydrazone groups is 1. The van der Waals surface area contributed by atoms with Crippen LogP contribution in [0.15, 0.2) is 63.7 Å². The fourth-order valence-corrected chi connectivity index (χ4v) is 4.65. The lowest BCUT2D eigenvalue weighted by Gasteiger charge is -2.37. The molecule has 2 aliphatic rings. The Labute approximate surface area is 142 Å². The van der Waals surface area contributed by atoms with E-state index in [9.17, 15) is 0 Å². The van der Waals surface area contributed by atoms with Gasteiger partial charge in [-0.15, -0.1) is 11.3 Å². The van der Waals surface area contributed by atoms with Crippen molar-refractivity contribution in [1.29, 1.82) is 0 Å². The van der Waals surface area contributed by atoms with Crippen LogP contribution >= 0.6 is 22.7 Å². The number of hydrogen-bond donors (Lipinski definition) is 0. The Balaban J connectivity index is 1.62. The molecule has 0 saturated carbocycles. The number of para-hydroxylation sites is 1. The molecule has 0 saturated heterocycles. The highest BCUT2D eigenvalue weighted by Crippen LogP contribution is 2.47. The van der Waals surface area contributed by atoms with Crippen molar-refractivity contribution in [3.05, 3.63) is 74.6 Å². The van der Waals surface area contributed by atoms with E-state index in [0.29, 0.717) is 0 Å². The van der Waals surface area contributed by atoms with Gasteiger partial charge in [0.2, 0.25) is 6.23 Å². The van der Waals surface area contributed by atoms with Crippen molar-refractivity contribution in [2.45, 2.75) is 18.7 Å². The van der Waals surface area contributed by atoms with E-state index in [4.69, 9.17) is 9.84 Å². The SMILES string of the molecule is c1csc(C2=NN3[C@H](C2)c2ccccc2O[C@H]3c2ccsc2)c1.